The van der Waals surface area contributed by atoms with E-state index in [0.717, 1.165) is 42.8 Å². The van der Waals surface area contributed by atoms with Crippen LogP contribution in [0.25, 0.3) is 0 Å². The van der Waals surface area contributed by atoms with E-state index in [0.29, 0.717) is 17.3 Å². The number of piperidine rings is 1. The molecule has 0 spiro atoms. The molecule has 0 saturated carbocycles. The molecule has 2 aromatic rings. The first kappa shape index (κ1) is 32.0. The lowest BCUT2D eigenvalue weighted by Gasteiger charge is -2.36. The van der Waals surface area contributed by atoms with Crippen LogP contribution in [0.2, 0.25) is 5.02 Å². The SMILES string of the molecule is COc1ccc(CN(C(=O)OCc2ccc(OC(C)C)cc2)C2CCN(C)CC2)c(Cl)c1.O=C(O)C(F)(F)F. The Balaban J connectivity index is 0.000000673. The molecular weight excluding hydrogens is 541 g/mol. The van der Waals surface area contributed by atoms with Gasteiger partial charge in [0.2, 0.25) is 0 Å². The quantitative estimate of drug-likeness (QED) is 0.413. The van der Waals surface area contributed by atoms with Crippen LogP contribution in [0.1, 0.15) is 37.8 Å². The van der Waals surface area contributed by atoms with Crippen molar-refractivity contribution >= 4 is 23.7 Å². The van der Waals surface area contributed by atoms with Crippen molar-refractivity contribution in [2.75, 3.05) is 27.2 Å². The Labute approximate surface area is 231 Å². The molecule has 0 atom stereocenters. The number of ether oxygens (including phenoxy) is 3. The van der Waals surface area contributed by atoms with Crippen molar-refractivity contribution in [3.8, 4) is 11.5 Å². The largest absolute Gasteiger partial charge is 0.497 e. The van der Waals surface area contributed by atoms with Gasteiger partial charge >= 0.3 is 18.2 Å². The third-order valence-corrected chi connectivity index (χ3v) is 6.22. The minimum atomic E-state index is -5.08. The van der Waals surface area contributed by atoms with Crippen molar-refractivity contribution in [2.45, 2.75) is 58.2 Å². The monoisotopic (exact) mass is 574 g/mol. The standard InChI is InChI=1S/C25H33ClN2O4.C2HF3O2/c1-18(2)32-22-8-5-19(6-9-22)17-31-25(29)28(21-11-13-27(3)14-12-21)16-20-7-10-23(30-4)15-24(20)26;3-2(4,5)1(6)7/h5-10,15,18,21H,11-14,16-17H2,1-4H3;(H,6,7). The van der Waals surface area contributed by atoms with Crippen LogP contribution in [0, 0.1) is 0 Å². The van der Waals surface area contributed by atoms with Crippen molar-refractivity contribution in [1.82, 2.24) is 9.80 Å². The Hall–Kier alpha value is -3.18. The van der Waals surface area contributed by atoms with Crippen molar-refractivity contribution in [3.05, 3.63) is 58.6 Å². The number of carbonyl (C=O) groups excluding carboxylic acids is 1. The average Bonchev–Trinajstić information content (AvgIpc) is 2.87. The molecule has 1 amide bonds. The van der Waals surface area contributed by atoms with Crippen LogP contribution in [0.4, 0.5) is 18.0 Å². The Kier molecular flexibility index (Phi) is 12.2. The first-order valence-corrected chi connectivity index (χ1v) is 12.7. The van der Waals surface area contributed by atoms with Crippen molar-refractivity contribution in [1.29, 1.82) is 0 Å². The highest BCUT2D eigenvalue weighted by atomic mass is 35.5. The number of alkyl halides is 3. The van der Waals surface area contributed by atoms with Gasteiger partial charge in [-0.25, -0.2) is 9.59 Å². The number of nitrogens with zero attached hydrogens (tertiary/aromatic N) is 2. The van der Waals surface area contributed by atoms with Gasteiger partial charge in [-0.1, -0.05) is 29.8 Å². The lowest BCUT2D eigenvalue weighted by molar-refractivity contribution is -0.192. The Bertz CT molecular complexity index is 1070. The van der Waals surface area contributed by atoms with E-state index in [1.807, 2.05) is 55.1 Å². The number of carbonyl (C=O) groups is 2. The smallest absolute Gasteiger partial charge is 0.490 e. The molecule has 0 unspecified atom stereocenters. The number of methoxy groups -OCH3 is 1. The molecule has 1 saturated heterocycles. The number of carboxylic acids is 1. The van der Waals surface area contributed by atoms with E-state index in [9.17, 15) is 18.0 Å². The zero-order chi connectivity index (χ0) is 29.2. The summed E-state index contributed by atoms with van der Waals surface area (Å²) in [6.45, 7) is 6.48. The maximum absolute atomic E-state index is 13.1. The van der Waals surface area contributed by atoms with Gasteiger partial charge in [-0.3, -0.25) is 0 Å². The lowest BCUT2D eigenvalue weighted by atomic mass is 10.0. The molecule has 216 valence electrons. The summed E-state index contributed by atoms with van der Waals surface area (Å²) < 4.78 is 48.4. The van der Waals surface area contributed by atoms with Crippen LogP contribution in [0.15, 0.2) is 42.5 Å². The van der Waals surface area contributed by atoms with Gasteiger partial charge in [-0.2, -0.15) is 13.2 Å². The molecule has 1 aliphatic heterocycles. The summed E-state index contributed by atoms with van der Waals surface area (Å²) in [7, 11) is 3.71. The summed E-state index contributed by atoms with van der Waals surface area (Å²) in [5.74, 6) is -1.26. The highest BCUT2D eigenvalue weighted by molar-refractivity contribution is 6.31. The van der Waals surface area contributed by atoms with E-state index < -0.39 is 12.1 Å². The Morgan fingerprint density at radius 3 is 2.15 bits per heavy atom. The van der Waals surface area contributed by atoms with Crippen molar-refractivity contribution < 1.29 is 42.1 Å². The maximum atomic E-state index is 13.1. The van der Waals surface area contributed by atoms with E-state index in [2.05, 4.69) is 11.9 Å². The lowest BCUT2D eigenvalue weighted by Crippen LogP contribution is -2.46. The molecular formula is C27H34ClF3N2O6. The number of hydrogen-bond acceptors (Lipinski definition) is 6. The predicted octanol–water partition coefficient (Wildman–Crippen LogP) is 6.00. The molecule has 0 aliphatic carbocycles. The van der Waals surface area contributed by atoms with E-state index in [-0.39, 0.29) is 24.8 Å². The molecule has 1 N–H and O–H groups in total. The molecule has 1 heterocycles. The highest BCUT2D eigenvalue weighted by Crippen LogP contribution is 2.27. The molecule has 12 heteroatoms. The second-order valence-electron chi connectivity index (χ2n) is 9.29. The predicted molar refractivity (Wildman–Crippen MR) is 140 cm³/mol. The number of hydrogen-bond donors (Lipinski definition) is 1. The zero-order valence-corrected chi connectivity index (χ0v) is 23.1. The van der Waals surface area contributed by atoms with Crippen molar-refractivity contribution in [2.24, 2.45) is 0 Å². The molecule has 1 fully saturated rings. The number of aliphatic carboxylic acids is 1. The molecule has 0 radical (unpaired) electrons. The van der Waals surface area contributed by atoms with Gasteiger partial charge in [0.25, 0.3) is 0 Å². The topological polar surface area (TPSA) is 88.5 Å². The van der Waals surface area contributed by atoms with Gasteiger partial charge in [-0.05, 0) is 82.2 Å². The van der Waals surface area contributed by atoms with E-state index >= 15 is 0 Å². The minimum Gasteiger partial charge on any atom is -0.497 e. The minimum absolute atomic E-state index is 0.110. The second kappa shape index (κ2) is 14.8. The first-order chi connectivity index (χ1) is 18.3. The molecule has 2 aromatic carbocycles. The molecule has 39 heavy (non-hydrogen) atoms. The van der Waals surface area contributed by atoms with Gasteiger partial charge in [0.1, 0.15) is 18.1 Å². The van der Waals surface area contributed by atoms with Gasteiger partial charge in [0.15, 0.2) is 0 Å². The average molecular weight is 575 g/mol. The summed E-state index contributed by atoms with van der Waals surface area (Å²) in [6.07, 6.45) is -3.48. The Morgan fingerprint density at radius 2 is 1.67 bits per heavy atom. The van der Waals surface area contributed by atoms with Crippen LogP contribution in [-0.4, -0.2) is 72.5 Å². The molecule has 0 aromatic heterocycles. The van der Waals surface area contributed by atoms with E-state index in [1.54, 1.807) is 13.2 Å². The molecule has 1 aliphatic rings. The van der Waals surface area contributed by atoms with Crippen LogP contribution in [-0.2, 0) is 22.7 Å². The molecule has 3 rings (SSSR count). The van der Waals surface area contributed by atoms with Gasteiger partial charge < -0.3 is 29.1 Å². The number of likely N-dealkylation sites (tertiary alicyclic amines) is 1. The maximum Gasteiger partial charge on any atom is 0.490 e. The highest BCUT2D eigenvalue weighted by Gasteiger charge is 2.38. The Morgan fingerprint density at radius 1 is 1.10 bits per heavy atom. The number of halogens is 4. The van der Waals surface area contributed by atoms with Crippen LogP contribution in [0.3, 0.4) is 0 Å². The summed E-state index contributed by atoms with van der Waals surface area (Å²) in [5.41, 5.74) is 1.79. The van der Waals surface area contributed by atoms with Crippen LogP contribution in [0.5, 0.6) is 11.5 Å². The molecule has 0 bridgehead atoms. The number of carboxylic acid groups (broad SMARTS) is 1. The van der Waals surface area contributed by atoms with E-state index in [4.69, 9.17) is 35.7 Å². The fraction of sp³-hybridized carbons (Fsp3) is 0.481. The summed E-state index contributed by atoms with van der Waals surface area (Å²) in [4.78, 5) is 26.1. The van der Waals surface area contributed by atoms with Crippen LogP contribution >= 0.6 is 11.6 Å². The first-order valence-electron chi connectivity index (χ1n) is 12.3. The zero-order valence-electron chi connectivity index (χ0n) is 22.3. The summed E-state index contributed by atoms with van der Waals surface area (Å²) in [5, 5.41) is 7.70. The number of rotatable bonds is 8. The number of benzene rings is 2. The van der Waals surface area contributed by atoms with Crippen LogP contribution < -0.4 is 9.47 Å². The summed E-state index contributed by atoms with van der Waals surface area (Å²) >= 11 is 6.46. The van der Waals surface area contributed by atoms with Crippen molar-refractivity contribution in [3.63, 3.8) is 0 Å². The fourth-order valence-corrected chi connectivity index (χ4v) is 4.01. The van der Waals surface area contributed by atoms with E-state index in [1.165, 1.54) is 0 Å². The fourth-order valence-electron chi connectivity index (χ4n) is 3.78. The second-order valence-corrected chi connectivity index (χ2v) is 9.69. The third kappa shape index (κ3) is 10.8. The normalized spacial score (nSPS) is 14.3. The third-order valence-electron chi connectivity index (χ3n) is 5.86. The van der Waals surface area contributed by atoms with Gasteiger partial charge in [-0.15, -0.1) is 0 Å². The van der Waals surface area contributed by atoms with Gasteiger partial charge in [0, 0.05) is 11.1 Å². The molecule has 8 nitrogen and oxygen atoms in total. The summed E-state index contributed by atoms with van der Waals surface area (Å²) in [6, 6.07) is 13.3. The van der Waals surface area contributed by atoms with Gasteiger partial charge in [0.05, 0.1) is 19.8 Å². The number of amides is 1.